The van der Waals surface area contributed by atoms with E-state index in [1.807, 2.05) is 43.3 Å². The van der Waals surface area contributed by atoms with Crippen LogP contribution in [0.5, 0.6) is 11.5 Å². The van der Waals surface area contributed by atoms with Crippen molar-refractivity contribution >= 4 is 18.4 Å². The van der Waals surface area contributed by atoms with Crippen LogP contribution in [0.4, 0.5) is 5.69 Å². The van der Waals surface area contributed by atoms with Crippen LogP contribution in [0.2, 0.25) is 0 Å². The normalized spacial score (nSPS) is 23.3. The first kappa shape index (κ1) is 26.6. The van der Waals surface area contributed by atoms with Crippen LogP contribution >= 0.6 is 7.37 Å². The Hall–Kier alpha value is -2.01. The molecule has 1 N–H and O–H groups in total. The number of hydrogen-bond donors (Lipinski definition) is 1. The zero-order chi connectivity index (χ0) is 25.0. The summed E-state index contributed by atoms with van der Waals surface area (Å²) in [7, 11) is 3.30. The van der Waals surface area contributed by atoms with Crippen LogP contribution in [0, 0.1) is 17.8 Å². The molecule has 1 aliphatic carbocycles. The summed E-state index contributed by atoms with van der Waals surface area (Å²) in [6, 6.07) is 12.6. The Bertz CT molecular complexity index is 991. The van der Waals surface area contributed by atoms with Gasteiger partial charge in [0.05, 0.1) is 20.3 Å². The molecule has 0 radical (unpaired) electrons. The van der Waals surface area contributed by atoms with Crippen molar-refractivity contribution in [3.8, 4) is 11.5 Å². The first-order valence-corrected chi connectivity index (χ1v) is 13.8. The molecular formula is C27H40NO5P. The largest absolute Gasteiger partial charge is 0.493 e. The van der Waals surface area contributed by atoms with Gasteiger partial charge in [-0.25, -0.2) is 0 Å². The maximum absolute atomic E-state index is 14.7. The second-order valence-corrected chi connectivity index (χ2v) is 12.4. The van der Waals surface area contributed by atoms with Crippen LogP contribution in [0.1, 0.15) is 51.4 Å². The number of methoxy groups -OCH3 is 2. The van der Waals surface area contributed by atoms with Crippen LogP contribution in [0.15, 0.2) is 42.5 Å². The first-order valence-electron chi connectivity index (χ1n) is 12.1. The molecule has 0 spiro atoms. The summed E-state index contributed by atoms with van der Waals surface area (Å²) in [6.07, 6.45) is 2.83. The van der Waals surface area contributed by atoms with Gasteiger partial charge in [0, 0.05) is 25.1 Å². The lowest BCUT2D eigenvalue weighted by Crippen LogP contribution is -2.35. The summed E-state index contributed by atoms with van der Waals surface area (Å²) in [5, 5.41) is 12.1. The number of aliphatic hydroxyl groups excluding tert-OH is 1. The number of benzene rings is 2. The molecule has 3 rings (SSSR count). The summed E-state index contributed by atoms with van der Waals surface area (Å²) in [6.45, 7) is 6.60. The van der Waals surface area contributed by atoms with Gasteiger partial charge in [0.1, 0.15) is 0 Å². The number of ether oxygens (including phenoxy) is 2. The van der Waals surface area contributed by atoms with Gasteiger partial charge in [-0.3, -0.25) is 4.57 Å². The molecular weight excluding hydrogens is 449 g/mol. The van der Waals surface area contributed by atoms with E-state index < -0.39 is 13.2 Å². The van der Waals surface area contributed by atoms with Gasteiger partial charge in [0.25, 0.3) is 7.37 Å². The van der Waals surface area contributed by atoms with Crippen molar-refractivity contribution in [2.75, 3.05) is 33.2 Å². The molecule has 0 unspecified atom stereocenters. The minimum absolute atomic E-state index is 0.182. The molecule has 2 aromatic rings. The third-order valence-corrected chi connectivity index (χ3v) is 9.55. The Morgan fingerprint density at radius 2 is 1.65 bits per heavy atom. The number of nitrogens with zero attached hydrogens (tertiary/aromatic N) is 1. The van der Waals surface area contributed by atoms with Crippen LogP contribution in [-0.2, 0) is 9.09 Å². The number of anilines is 1. The fraction of sp³-hybridized carbons (Fsp3) is 0.556. The van der Waals surface area contributed by atoms with E-state index in [2.05, 4.69) is 20.8 Å². The Kier molecular flexibility index (Phi) is 8.72. The van der Waals surface area contributed by atoms with E-state index >= 15 is 0 Å². The first-order chi connectivity index (χ1) is 16.1. The van der Waals surface area contributed by atoms with Crippen molar-refractivity contribution < 1.29 is 23.7 Å². The zero-order valence-corrected chi connectivity index (χ0v) is 22.4. The predicted octanol–water partition coefficient (Wildman–Crippen LogP) is 5.84. The summed E-state index contributed by atoms with van der Waals surface area (Å²) >= 11 is 0. The Morgan fingerprint density at radius 1 is 1.00 bits per heavy atom. The van der Waals surface area contributed by atoms with E-state index in [-0.39, 0.29) is 6.10 Å². The monoisotopic (exact) mass is 489 g/mol. The summed E-state index contributed by atoms with van der Waals surface area (Å²) in [4.78, 5) is 1.98. The van der Waals surface area contributed by atoms with Gasteiger partial charge in [0.15, 0.2) is 17.3 Å². The molecule has 0 saturated heterocycles. The van der Waals surface area contributed by atoms with Gasteiger partial charge in [-0.15, -0.1) is 0 Å². The Balaban J connectivity index is 2.07. The molecule has 0 aromatic heterocycles. The van der Waals surface area contributed by atoms with Crippen molar-refractivity contribution in [2.45, 2.75) is 52.0 Å². The third-order valence-electron chi connectivity index (χ3n) is 7.01. The van der Waals surface area contributed by atoms with Gasteiger partial charge < -0.3 is 24.0 Å². The van der Waals surface area contributed by atoms with Gasteiger partial charge in [-0.2, -0.15) is 0 Å². The van der Waals surface area contributed by atoms with E-state index in [9.17, 15) is 9.67 Å². The number of rotatable bonds is 9. The maximum Gasteiger partial charge on any atom is 0.264 e. The lowest BCUT2D eigenvalue weighted by Gasteiger charge is -2.40. The van der Waals surface area contributed by atoms with Crippen LogP contribution in [-0.4, -0.2) is 39.5 Å². The van der Waals surface area contributed by atoms with E-state index in [4.69, 9.17) is 14.0 Å². The molecule has 34 heavy (non-hydrogen) atoms. The topological polar surface area (TPSA) is 68.2 Å². The molecule has 5 atom stereocenters. The zero-order valence-electron chi connectivity index (χ0n) is 21.5. The van der Waals surface area contributed by atoms with Gasteiger partial charge in [-0.1, -0.05) is 33.3 Å². The Labute approximate surface area is 204 Å². The van der Waals surface area contributed by atoms with Crippen LogP contribution in [0.25, 0.3) is 0 Å². The predicted molar refractivity (Wildman–Crippen MR) is 139 cm³/mol. The van der Waals surface area contributed by atoms with Gasteiger partial charge >= 0.3 is 0 Å². The quantitative estimate of drug-likeness (QED) is 0.446. The van der Waals surface area contributed by atoms with E-state index in [0.717, 1.165) is 24.9 Å². The van der Waals surface area contributed by atoms with Crippen LogP contribution < -0.4 is 19.7 Å². The molecule has 1 saturated carbocycles. The average molecular weight is 490 g/mol. The summed E-state index contributed by atoms with van der Waals surface area (Å²) in [5.41, 5.74) is 1.46. The minimum Gasteiger partial charge on any atom is -0.493 e. The second-order valence-electron chi connectivity index (χ2n) is 9.97. The smallest absolute Gasteiger partial charge is 0.264 e. The fourth-order valence-corrected chi connectivity index (χ4v) is 7.15. The van der Waals surface area contributed by atoms with Crippen molar-refractivity contribution in [3.63, 3.8) is 0 Å². The van der Waals surface area contributed by atoms with E-state index in [1.165, 1.54) is 0 Å². The van der Waals surface area contributed by atoms with Crippen molar-refractivity contribution in [1.82, 2.24) is 0 Å². The molecule has 6 nitrogen and oxygen atoms in total. The molecule has 1 fully saturated rings. The van der Waals surface area contributed by atoms with Gasteiger partial charge in [0.2, 0.25) is 0 Å². The lowest BCUT2D eigenvalue weighted by molar-refractivity contribution is 0.0427. The molecule has 1 aliphatic rings. The Morgan fingerprint density at radius 3 is 2.21 bits per heavy atom. The van der Waals surface area contributed by atoms with Crippen molar-refractivity contribution in [2.24, 2.45) is 17.8 Å². The number of hydrogen-bond acceptors (Lipinski definition) is 6. The van der Waals surface area contributed by atoms with E-state index in [1.54, 1.807) is 32.4 Å². The lowest BCUT2D eigenvalue weighted by atomic mass is 9.75. The molecule has 7 heteroatoms. The molecule has 0 amide bonds. The highest BCUT2D eigenvalue weighted by molar-refractivity contribution is 7.67. The van der Waals surface area contributed by atoms with Crippen LogP contribution in [0.3, 0.4) is 0 Å². The van der Waals surface area contributed by atoms with Gasteiger partial charge in [-0.05, 0) is 72.6 Å². The third kappa shape index (κ3) is 5.62. The van der Waals surface area contributed by atoms with Crippen molar-refractivity contribution in [1.29, 1.82) is 0 Å². The highest BCUT2D eigenvalue weighted by Crippen LogP contribution is 2.61. The molecule has 188 valence electrons. The minimum atomic E-state index is -3.72. The number of aliphatic hydroxyl groups is 1. The fourth-order valence-electron chi connectivity index (χ4n) is 4.86. The SMILES string of the molecule is COc1ccc([C@H](O)[P@](=O)(O[C@@H]2C[C@H](C)CC[C@@H]2C(C)C)c2ccc(N(C)C)cc2)cc1OC. The summed E-state index contributed by atoms with van der Waals surface area (Å²) in [5.74, 6) is 0.874. The maximum atomic E-state index is 14.7. The summed E-state index contributed by atoms with van der Waals surface area (Å²) < 4.78 is 32.1. The van der Waals surface area contributed by atoms with E-state index in [0.29, 0.717) is 40.1 Å². The molecule has 0 aliphatic heterocycles. The average Bonchev–Trinajstić information content (AvgIpc) is 2.82. The van der Waals surface area contributed by atoms with Crippen molar-refractivity contribution in [3.05, 3.63) is 48.0 Å². The molecule has 0 bridgehead atoms. The second kappa shape index (κ2) is 11.2. The highest BCUT2D eigenvalue weighted by atomic mass is 31.2. The molecule has 0 heterocycles. The molecule has 2 aromatic carbocycles. The highest BCUT2D eigenvalue weighted by Gasteiger charge is 2.43. The standard InChI is InChI=1S/C27H40NO5P/c1-18(2)23-14-8-19(3)16-25(23)33-34(30,22-12-10-21(11-13-22)28(4)5)27(29)20-9-15-24(31-6)26(17-20)32-7/h9-13,15,17-19,23,25,27,29H,8,14,16H2,1-7H3/t19-,23-,25-,27-,34-/m1/s1.